The molecule has 1 nitrogen and oxygen atoms in total. The highest BCUT2D eigenvalue weighted by atomic mass is 19.2. The van der Waals surface area contributed by atoms with E-state index >= 15 is 17.6 Å². The van der Waals surface area contributed by atoms with Crippen LogP contribution in [0.1, 0.15) is 37.1 Å². The maximum Gasteiger partial charge on any atom is 0.273 e. The minimum atomic E-state index is -4.81. The second kappa shape index (κ2) is 8.98. The van der Waals surface area contributed by atoms with Gasteiger partial charge in [0, 0.05) is 34.9 Å². The van der Waals surface area contributed by atoms with E-state index in [1.54, 1.807) is 0 Å². The van der Waals surface area contributed by atoms with Crippen LogP contribution in [0.3, 0.4) is 0 Å². The fraction of sp³-hybridized carbons (Fsp3) is 0.304. The fourth-order valence-corrected chi connectivity index (χ4v) is 4.44. The monoisotopic (exact) mass is 549 g/mol. The molecule has 37 heavy (non-hydrogen) atoms. The molecular weight excluding hydrogens is 537 g/mol. The maximum atomic E-state index is 16.3. The Kier molecular flexibility index (Phi) is 6.52. The van der Waals surface area contributed by atoms with Crippen molar-refractivity contribution in [3.8, 4) is 0 Å². The van der Waals surface area contributed by atoms with E-state index in [9.17, 15) is 39.5 Å². The second-order valence-corrected chi connectivity index (χ2v) is 8.22. The van der Waals surface area contributed by atoms with Gasteiger partial charge in [-0.25, -0.2) is 57.1 Å². The number of hydrogen-bond donors (Lipinski definition) is 0. The lowest BCUT2D eigenvalue weighted by Gasteiger charge is -2.42. The van der Waals surface area contributed by atoms with Gasteiger partial charge in [-0.05, 0) is 6.42 Å². The molecule has 4 rings (SSSR count). The van der Waals surface area contributed by atoms with E-state index in [2.05, 4.69) is 0 Å². The third-order valence-electron chi connectivity index (χ3n) is 6.19. The predicted molar refractivity (Wildman–Crippen MR) is 104 cm³/mol. The van der Waals surface area contributed by atoms with E-state index in [0.29, 0.717) is 0 Å². The molecule has 3 unspecified atom stereocenters. The lowest BCUT2D eigenvalue weighted by molar-refractivity contribution is 0.0793. The Labute approximate surface area is 199 Å². The number of anilines is 1. The Morgan fingerprint density at radius 2 is 1.30 bits per heavy atom. The van der Waals surface area contributed by atoms with Crippen LogP contribution in [0, 0.1) is 46.5 Å². The molecule has 0 amide bonds. The summed E-state index contributed by atoms with van der Waals surface area (Å²) in [4.78, 5) is -0.644. The molecule has 0 fully saturated rings. The highest BCUT2D eigenvalue weighted by molar-refractivity contribution is 5.87. The van der Waals surface area contributed by atoms with E-state index in [0.717, 1.165) is 0 Å². The van der Waals surface area contributed by atoms with E-state index in [4.69, 9.17) is 0 Å². The minimum Gasteiger partial charge on any atom is -0.326 e. The average Bonchev–Trinajstić information content (AvgIpc) is 3.17. The Balaban J connectivity index is 2.04. The molecule has 0 spiro atoms. The number of nitrogens with zero attached hydrogens (tertiary/aromatic N) is 1. The zero-order valence-electron chi connectivity index (χ0n) is 18.2. The molecule has 3 atom stereocenters. The van der Waals surface area contributed by atoms with Crippen LogP contribution in [-0.2, 0) is 0 Å². The summed E-state index contributed by atoms with van der Waals surface area (Å²) in [5, 5.41) is 0. The van der Waals surface area contributed by atoms with Gasteiger partial charge in [-0.1, -0.05) is 13.3 Å². The zero-order chi connectivity index (χ0) is 27.7. The second-order valence-electron chi connectivity index (χ2n) is 8.22. The third-order valence-corrected chi connectivity index (χ3v) is 6.19. The molecule has 0 radical (unpaired) electrons. The Morgan fingerprint density at radius 1 is 0.757 bits per heavy atom. The molecule has 2 aromatic carbocycles. The SMILES string of the molecule is CCCCN(c1c(F)c(F)c(F)c(F)c1F)C1(F)C(F)=C(F)C2=C(c3c(F)c(F)cc(F)c3C2F)C1F. The third kappa shape index (κ3) is 3.46. The van der Waals surface area contributed by atoms with Crippen molar-refractivity contribution in [2.75, 3.05) is 11.4 Å². The summed E-state index contributed by atoms with van der Waals surface area (Å²) in [7, 11) is 0. The summed E-state index contributed by atoms with van der Waals surface area (Å²) < 4.78 is 190. The van der Waals surface area contributed by atoms with Crippen LogP contribution in [0.4, 0.5) is 62.8 Å². The number of benzene rings is 2. The normalized spacial score (nSPS) is 23.1. The predicted octanol–water partition coefficient (Wildman–Crippen LogP) is 8.05. The molecule has 0 saturated heterocycles. The van der Waals surface area contributed by atoms with Crippen molar-refractivity contribution in [2.24, 2.45) is 0 Å². The highest BCUT2D eigenvalue weighted by Gasteiger charge is 2.61. The van der Waals surface area contributed by atoms with Gasteiger partial charge in [-0.15, -0.1) is 0 Å². The summed E-state index contributed by atoms with van der Waals surface area (Å²) >= 11 is 0. The fourth-order valence-electron chi connectivity index (χ4n) is 4.44. The van der Waals surface area contributed by atoms with Crippen LogP contribution in [0.2, 0.25) is 0 Å². The van der Waals surface area contributed by atoms with Gasteiger partial charge in [0.2, 0.25) is 5.82 Å². The molecule has 0 saturated carbocycles. The maximum absolute atomic E-state index is 16.3. The topological polar surface area (TPSA) is 3.24 Å². The zero-order valence-corrected chi connectivity index (χ0v) is 18.2. The van der Waals surface area contributed by atoms with E-state index in [-0.39, 0.29) is 12.5 Å². The van der Waals surface area contributed by atoms with Gasteiger partial charge >= 0.3 is 0 Å². The van der Waals surface area contributed by atoms with E-state index in [1.165, 1.54) is 6.92 Å². The van der Waals surface area contributed by atoms with Gasteiger partial charge in [0.25, 0.3) is 5.79 Å². The van der Waals surface area contributed by atoms with E-state index in [1.807, 2.05) is 0 Å². The average molecular weight is 549 g/mol. The van der Waals surface area contributed by atoms with Gasteiger partial charge in [0.15, 0.2) is 58.9 Å². The highest BCUT2D eigenvalue weighted by Crippen LogP contribution is 2.59. The molecule has 2 aliphatic carbocycles. The summed E-state index contributed by atoms with van der Waals surface area (Å²) in [5.74, 6) is -29.9. The van der Waals surface area contributed by atoms with Crippen molar-refractivity contribution in [1.29, 1.82) is 0 Å². The van der Waals surface area contributed by atoms with Crippen molar-refractivity contribution >= 4 is 11.3 Å². The molecular formula is C23H12F13N. The number of hydrogen-bond acceptors (Lipinski definition) is 1. The first-order valence-electron chi connectivity index (χ1n) is 10.5. The van der Waals surface area contributed by atoms with Crippen molar-refractivity contribution in [1.82, 2.24) is 0 Å². The lowest BCUT2D eigenvalue weighted by Crippen LogP contribution is -2.56. The largest absolute Gasteiger partial charge is 0.326 e. The Bertz CT molecular complexity index is 1350. The first kappa shape index (κ1) is 26.9. The van der Waals surface area contributed by atoms with E-state index < -0.39 is 122 Å². The number of rotatable bonds is 5. The quantitative estimate of drug-likeness (QED) is 0.158. The van der Waals surface area contributed by atoms with Crippen LogP contribution in [-0.4, -0.2) is 18.5 Å². The van der Waals surface area contributed by atoms with Crippen LogP contribution >= 0.6 is 0 Å². The first-order valence-corrected chi connectivity index (χ1v) is 10.5. The standard InChI is InChI=1S/C23H12F13N/c1-2-3-4-37(20-18(32)16(30)15(29)17(31)19(20)33)23(36)21(34)10-9-8(6(24)5-7(25)12(9)26)13(27)11(10)14(28)22(23)35/h5,13,21H,2-4H2,1H3. The molecule has 0 bridgehead atoms. The summed E-state index contributed by atoms with van der Waals surface area (Å²) in [6.07, 6.45) is -7.49. The minimum absolute atomic E-state index is 0.0267. The number of fused-ring (bicyclic) bond motifs is 2. The van der Waals surface area contributed by atoms with Gasteiger partial charge in [-0.3, -0.25) is 0 Å². The number of halogens is 13. The van der Waals surface area contributed by atoms with Crippen LogP contribution in [0.15, 0.2) is 23.3 Å². The molecule has 0 aliphatic heterocycles. The smallest absolute Gasteiger partial charge is 0.273 e. The molecule has 14 heteroatoms. The molecule has 200 valence electrons. The Morgan fingerprint density at radius 3 is 1.84 bits per heavy atom. The number of unbranched alkanes of at least 4 members (excludes halogenated alkanes) is 1. The molecule has 0 heterocycles. The first-order chi connectivity index (χ1) is 17.2. The van der Waals surface area contributed by atoms with Crippen LogP contribution in [0.5, 0.6) is 0 Å². The van der Waals surface area contributed by atoms with Gasteiger partial charge in [-0.2, -0.15) is 0 Å². The molecule has 0 N–H and O–H groups in total. The van der Waals surface area contributed by atoms with Gasteiger partial charge < -0.3 is 4.90 Å². The van der Waals surface area contributed by atoms with Gasteiger partial charge in [0.05, 0.1) is 0 Å². The summed E-state index contributed by atoms with van der Waals surface area (Å²) in [5.41, 5.74) is -8.89. The lowest BCUT2D eigenvalue weighted by atomic mass is 9.86. The molecule has 2 aromatic rings. The Hall–Kier alpha value is -3.19. The van der Waals surface area contributed by atoms with Crippen molar-refractivity contribution in [2.45, 2.75) is 37.9 Å². The van der Waals surface area contributed by atoms with Crippen molar-refractivity contribution < 1.29 is 57.1 Å². The van der Waals surface area contributed by atoms with Gasteiger partial charge in [0.1, 0.15) is 11.5 Å². The van der Waals surface area contributed by atoms with Crippen LogP contribution in [0.25, 0.3) is 5.57 Å². The van der Waals surface area contributed by atoms with Crippen LogP contribution < -0.4 is 4.90 Å². The molecule has 0 aromatic heterocycles. The van der Waals surface area contributed by atoms with Crippen molar-refractivity contribution in [3.63, 3.8) is 0 Å². The molecule has 2 aliphatic rings. The summed E-state index contributed by atoms with van der Waals surface area (Å²) in [6.45, 7) is 0.158. The van der Waals surface area contributed by atoms with Crippen molar-refractivity contribution in [3.05, 3.63) is 81.0 Å². The summed E-state index contributed by atoms with van der Waals surface area (Å²) in [6, 6.07) is -0.185. The number of allylic oxidation sites excluding steroid dienone is 2. The number of alkyl halides is 3.